The summed E-state index contributed by atoms with van der Waals surface area (Å²) in [5.74, 6) is -1.68. The van der Waals surface area contributed by atoms with E-state index in [1.165, 1.54) is 11.0 Å². The highest BCUT2D eigenvalue weighted by Gasteiger charge is 2.49. The fourth-order valence-electron chi connectivity index (χ4n) is 2.88. The average Bonchev–Trinajstić information content (AvgIpc) is 2.52. The first kappa shape index (κ1) is 13.7. The van der Waals surface area contributed by atoms with E-state index < -0.39 is 12.1 Å². The molecule has 0 saturated heterocycles. The predicted octanol–water partition coefficient (Wildman–Crippen LogP) is 3.38. The fraction of sp³-hybridized carbons (Fsp3) is 0.538. The van der Waals surface area contributed by atoms with Gasteiger partial charge in [-0.3, -0.25) is 4.79 Å². The molecule has 1 aromatic heterocycles. The Morgan fingerprint density at radius 2 is 2.05 bits per heavy atom. The molecule has 20 heavy (non-hydrogen) atoms. The first-order valence-electron chi connectivity index (χ1n) is 6.29. The molecule has 1 amide bonds. The van der Waals surface area contributed by atoms with Crippen molar-refractivity contribution in [2.75, 3.05) is 7.05 Å². The molecular formula is C13H12ClF3N2O. The summed E-state index contributed by atoms with van der Waals surface area (Å²) in [6, 6.07) is 1.49. The summed E-state index contributed by atoms with van der Waals surface area (Å²) in [5.41, 5.74) is 1.76. The maximum absolute atomic E-state index is 12.6. The molecule has 1 aliphatic carbocycles. The molecule has 1 aromatic rings. The van der Waals surface area contributed by atoms with Crippen LogP contribution in [0.1, 0.15) is 40.4 Å². The molecule has 0 atom stereocenters. The van der Waals surface area contributed by atoms with Crippen LogP contribution >= 0.6 is 11.6 Å². The summed E-state index contributed by atoms with van der Waals surface area (Å²) in [5, 5.41) is 0.165. The minimum absolute atomic E-state index is 0.0290. The Balaban J connectivity index is 1.90. The second-order valence-electron chi connectivity index (χ2n) is 5.42. The number of fused-ring (bicyclic) bond motifs is 1. The van der Waals surface area contributed by atoms with E-state index >= 15 is 0 Å². The number of hydrogen-bond acceptors (Lipinski definition) is 2. The van der Waals surface area contributed by atoms with Gasteiger partial charge in [-0.25, -0.2) is 4.98 Å². The van der Waals surface area contributed by atoms with E-state index in [0.29, 0.717) is 17.8 Å². The zero-order valence-corrected chi connectivity index (χ0v) is 11.4. The summed E-state index contributed by atoms with van der Waals surface area (Å²) in [7, 11) is 1.65. The fourth-order valence-corrected chi connectivity index (χ4v) is 3.08. The van der Waals surface area contributed by atoms with Gasteiger partial charge in [0.25, 0.3) is 5.91 Å². The van der Waals surface area contributed by atoms with Crippen molar-refractivity contribution in [2.45, 2.75) is 31.5 Å². The zero-order valence-electron chi connectivity index (χ0n) is 10.7. The van der Waals surface area contributed by atoms with E-state index in [1.807, 2.05) is 0 Å². The van der Waals surface area contributed by atoms with Gasteiger partial charge in [0.05, 0.1) is 11.6 Å². The number of halogens is 4. The molecular weight excluding hydrogens is 293 g/mol. The van der Waals surface area contributed by atoms with Crippen LogP contribution in [0, 0.1) is 5.92 Å². The summed E-state index contributed by atoms with van der Waals surface area (Å²) in [6.45, 7) is 0.390. The Kier molecular flexibility index (Phi) is 2.97. The van der Waals surface area contributed by atoms with E-state index in [-0.39, 0.29) is 29.8 Å². The Labute approximate surface area is 118 Å². The van der Waals surface area contributed by atoms with E-state index in [4.69, 9.17) is 11.6 Å². The quantitative estimate of drug-likeness (QED) is 0.745. The highest BCUT2D eigenvalue weighted by Crippen LogP contribution is 2.50. The molecule has 2 heterocycles. The molecule has 108 valence electrons. The van der Waals surface area contributed by atoms with E-state index in [2.05, 4.69) is 4.98 Å². The van der Waals surface area contributed by atoms with Gasteiger partial charge in [0.1, 0.15) is 5.15 Å². The van der Waals surface area contributed by atoms with Crippen molar-refractivity contribution in [2.24, 2.45) is 5.92 Å². The van der Waals surface area contributed by atoms with E-state index in [9.17, 15) is 18.0 Å². The van der Waals surface area contributed by atoms with Crippen LogP contribution in [0.25, 0.3) is 0 Å². The van der Waals surface area contributed by atoms with Crippen molar-refractivity contribution < 1.29 is 18.0 Å². The van der Waals surface area contributed by atoms with Crippen LogP contribution in [0.5, 0.6) is 0 Å². The minimum atomic E-state index is -4.15. The smallest absolute Gasteiger partial charge is 0.337 e. The van der Waals surface area contributed by atoms with Gasteiger partial charge in [-0.2, -0.15) is 13.2 Å². The largest absolute Gasteiger partial charge is 0.391 e. The zero-order chi connectivity index (χ0) is 14.7. The lowest BCUT2D eigenvalue weighted by Gasteiger charge is -2.36. The maximum atomic E-state index is 12.6. The van der Waals surface area contributed by atoms with Gasteiger partial charge in [0.15, 0.2) is 0 Å². The van der Waals surface area contributed by atoms with Crippen molar-refractivity contribution in [3.63, 3.8) is 0 Å². The van der Waals surface area contributed by atoms with Crippen LogP contribution in [0.2, 0.25) is 5.15 Å². The van der Waals surface area contributed by atoms with E-state index in [1.54, 1.807) is 7.05 Å². The maximum Gasteiger partial charge on any atom is 0.391 e. The minimum Gasteiger partial charge on any atom is -0.337 e. The monoisotopic (exact) mass is 304 g/mol. The molecule has 0 radical (unpaired) electrons. The molecule has 7 heteroatoms. The number of alkyl halides is 3. The standard InChI is InChI=1S/C13H12ClF3N2O/c1-19-5-9-8(12(19)20)4-10(14)18-11(9)6-2-7(3-6)13(15,16)17/h4,6-7H,2-3,5H2,1H3. The second kappa shape index (κ2) is 4.35. The number of aromatic nitrogens is 1. The number of rotatable bonds is 1. The van der Waals surface area contributed by atoms with Crippen molar-refractivity contribution in [3.05, 3.63) is 28.0 Å². The van der Waals surface area contributed by atoms with Gasteiger partial charge in [0, 0.05) is 30.6 Å². The average molecular weight is 305 g/mol. The third-order valence-electron chi connectivity index (χ3n) is 4.09. The summed E-state index contributed by atoms with van der Waals surface area (Å²) < 4.78 is 37.7. The Bertz CT molecular complexity index is 582. The molecule has 1 fully saturated rings. The highest BCUT2D eigenvalue weighted by atomic mass is 35.5. The molecule has 1 saturated carbocycles. The Morgan fingerprint density at radius 1 is 1.40 bits per heavy atom. The van der Waals surface area contributed by atoms with E-state index in [0.717, 1.165) is 5.56 Å². The lowest BCUT2D eigenvalue weighted by molar-refractivity contribution is -0.197. The third kappa shape index (κ3) is 2.06. The number of pyridine rings is 1. The predicted molar refractivity (Wildman–Crippen MR) is 66.6 cm³/mol. The van der Waals surface area contributed by atoms with Gasteiger partial charge in [-0.15, -0.1) is 0 Å². The molecule has 0 spiro atoms. The number of amides is 1. The van der Waals surface area contributed by atoms with Crippen LogP contribution in [-0.2, 0) is 6.54 Å². The summed E-state index contributed by atoms with van der Waals surface area (Å²) in [4.78, 5) is 17.6. The highest BCUT2D eigenvalue weighted by molar-refractivity contribution is 6.29. The van der Waals surface area contributed by atoms with Gasteiger partial charge >= 0.3 is 6.18 Å². The molecule has 0 N–H and O–H groups in total. The molecule has 2 aliphatic rings. The lowest BCUT2D eigenvalue weighted by atomic mass is 9.71. The molecule has 3 nitrogen and oxygen atoms in total. The first-order chi connectivity index (χ1) is 9.27. The summed E-state index contributed by atoms with van der Waals surface area (Å²) >= 11 is 5.89. The molecule has 0 unspecified atom stereocenters. The number of hydrogen-bond donors (Lipinski definition) is 0. The van der Waals surface area contributed by atoms with Crippen LogP contribution in [0.15, 0.2) is 6.07 Å². The number of nitrogens with zero attached hydrogens (tertiary/aromatic N) is 2. The normalized spacial score (nSPS) is 25.6. The van der Waals surface area contributed by atoms with Crippen LogP contribution in [-0.4, -0.2) is 29.0 Å². The van der Waals surface area contributed by atoms with Crippen molar-refractivity contribution in [1.82, 2.24) is 9.88 Å². The van der Waals surface area contributed by atoms with Crippen LogP contribution in [0.4, 0.5) is 13.2 Å². The molecule has 0 aromatic carbocycles. The second-order valence-corrected chi connectivity index (χ2v) is 5.81. The van der Waals surface area contributed by atoms with Gasteiger partial charge in [-0.1, -0.05) is 11.6 Å². The third-order valence-corrected chi connectivity index (χ3v) is 4.28. The van der Waals surface area contributed by atoms with Crippen LogP contribution < -0.4 is 0 Å². The number of carbonyl (C=O) groups is 1. The van der Waals surface area contributed by atoms with Crippen molar-refractivity contribution >= 4 is 17.5 Å². The topological polar surface area (TPSA) is 33.2 Å². The van der Waals surface area contributed by atoms with Crippen molar-refractivity contribution in [3.8, 4) is 0 Å². The summed E-state index contributed by atoms with van der Waals surface area (Å²) in [6.07, 6.45) is -4.09. The van der Waals surface area contributed by atoms with Gasteiger partial charge in [0.2, 0.25) is 0 Å². The lowest BCUT2D eigenvalue weighted by Crippen LogP contribution is -2.35. The first-order valence-corrected chi connectivity index (χ1v) is 6.66. The van der Waals surface area contributed by atoms with Gasteiger partial charge in [-0.05, 0) is 18.9 Å². The SMILES string of the molecule is CN1Cc2c(cc(Cl)nc2C2CC(C(F)(F)F)C2)C1=O. The molecule has 1 aliphatic heterocycles. The Morgan fingerprint density at radius 3 is 2.65 bits per heavy atom. The van der Waals surface area contributed by atoms with Crippen molar-refractivity contribution in [1.29, 1.82) is 0 Å². The van der Waals surface area contributed by atoms with Crippen LogP contribution in [0.3, 0.4) is 0 Å². The molecule has 0 bridgehead atoms. The molecule has 3 rings (SSSR count). The Hall–Kier alpha value is -1.30. The van der Waals surface area contributed by atoms with Gasteiger partial charge < -0.3 is 4.90 Å². The number of carbonyl (C=O) groups excluding carboxylic acids is 1.